The third kappa shape index (κ3) is 2.96. The number of nitrogens with two attached hydrogens (primary N) is 1. The zero-order valence-corrected chi connectivity index (χ0v) is 11.8. The maximum absolute atomic E-state index is 11.5. The smallest absolute Gasteiger partial charge is 0.249 e. The minimum absolute atomic E-state index is 0.451. The van der Waals surface area contributed by atoms with E-state index in [1.54, 1.807) is 24.4 Å². The summed E-state index contributed by atoms with van der Waals surface area (Å²) < 4.78 is 5.69. The monoisotopic (exact) mass is 290 g/mol. The zero-order valence-electron chi connectivity index (χ0n) is 11.8. The molecule has 0 aliphatic rings. The number of nitrogens with zero attached hydrogens (tertiary/aromatic N) is 1. The van der Waals surface area contributed by atoms with E-state index in [1.165, 1.54) is 0 Å². The van der Waals surface area contributed by atoms with Crippen LogP contribution in [0.25, 0.3) is 11.3 Å². The number of primary amides is 1. The number of aromatic nitrogens is 1. The van der Waals surface area contributed by atoms with Crippen molar-refractivity contribution >= 4 is 5.91 Å². The molecule has 0 atom stereocenters. The predicted molar refractivity (Wildman–Crippen MR) is 84.7 cm³/mol. The number of pyridine rings is 1. The van der Waals surface area contributed by atoms with Crippen molar-refractivity contribution in [1.29, 1.82) is 0 Å². The van der Waals surface area contributed by atoms with Crippen molar-refractivity contribution < 1.29 is 9.53 Å². The second-order valence-corrected chi connectivity index (χ2v) is 4.70. The number of amides is 1. The lowest BCUT2D eigenvalue weighted by molar-refractivity contribution is 0.100. The maximum atomic E-state index is 11.5. The highest BCUT2D eigenvalue weighted by Gasteiger charge is 2.10. The molecule has 1 aromatic heterocycles. The number of hydrogen-bond acceptors (Lipinski definition) is 3. The molecule has 3 rings (SSSR count). The molecule has 4 nitrogen and oxygen atoms in total. The van der Waals surface area contributed by atoms with Gasteiger partial charge in [0.1, 0.15) is 11.5 Å². The fourth-order valence-electron chi connectivity index (χ4n) is 2.15. The van der Waals surface area contributed by atoms with Gasteiger partial charge >= 0.3 is 0 Å². The second kappa shape index (κ2) is 6.10. The lowest BCUT2D eigenvalue weighted by Gasteiger charge is -2.08. The van der Waals surface area contributed by atoms with Gasteiger partial charge in [0.15, 0.2) is 0 Å². The molecule has 3 aromatic rings. The van der Waals surface area contributed by atoms with Crippen LogP contribution in [0.2, 0.25) is 0 Å². The average molecular weight is 290 g/mol. The number of rotatable bonds is 4. The van der Waals surface area contributed by atoms with E-state index in [0.717, 1.165) is 5.75 Å². The number of carbonyl (C=O) groups is 1. The molecule has 0 radical (unpaired) electrons. The van der Waals surface area contributed by atoms with Crippen molar-refractivity contribution in [3.63, 3.8) is 0 Å². The molecule has 0 spiro atoms. The van der Waals surface area contributed by atoms with Crippen molar-refractivity contribution in [3.8, 4) is 22.8 Å². The Bertz CT molecular complexity index is 784. The van der Waals surface area contributed by atoms with Crippen LogP contribution in [-0.2, 0) is 0 Å². The summed E-state index contributed by atoms with van der Waals surface area (Å²) in [5, 5.41) is 0. The molecule has 0 saturated heterocycles. The van der Waals surface area contributed by atoms with Crippen LogP contribution in [0.15, 0.2) is 72.9 Å². The Morgan fingerprint density at radius 2 is 1.59 bits per heavy atom. The number of carbonyl (C=O) groups excluding carboxylic acids is 1. The highest BCUT2D eigenvalue weighted by Crippen LogP contribution is 2.25. The van der Waals surface area contributed by atoms with Crippen molar-refractivity contribution in [2.75, 3.05) is 0 Å². The van der Waals surface area contributed by atoms with Gasteiger partial charge in [0.2, 0.25) is 5.91 Å². The first-order valence-corrected chi connectivity index (χ1v) is 6.82. The minimum atomic E-state index is -0.470. The molecule has 0 bridgehead atoms. The Morgan fingerprint density at radius 1 is 0.864 bits per heavy atom. The van der Waals surface area contributed by atoms with Gasteiger partial charge in [0, 0.05) is 11.1 Å². The van der Waals surface area contributed by atoms with Crippen LogP contribution in [-0.4, -0.2) is 10.9 Å². The normalized spacial score (nSPS) is 10.2. The van der Waals surface area contributed by atoms with Gasteiger partial charge in [-0.25, -0.2) is 0 Å². The molecular weight excluding hydrogens is 276 g/mol. The predicted octanol–water partition coefficient (Wildman–Crippen LogP) is 3.64. The van der Waals surface area contributed by atoms with Crippen LogP contribution < -0.4 is 10.5 Å². The van der Waals surface area contributed by atoms with Gasteiger partial charge < -0.3 is 10.5 Å². The Balaban J connectivity index is 1.87. The third-order valence-corrected chi connectivity index (χ3v) is 3.18. The first kappa shape index (κ1) is 13.8. The van der Waals surface area contributed by atoms with Crippen molar-refractivity contribution in [2.45, 2.75) is 0 Å². The molecule has 2 N–H and O–H groups in total. The fraction of sp³-hybridized carbons (Fsp3) is 0. The zero-order chi connectivity index (χ0) is 15.4. The van der Waals surface area contributed by atoms with Crippen molar-refractivity contribution in [3.05, 3.63) is 78.5 Å². The lowest BCUT2D eigenvalue weighted by Crippen LogP contribution is -2.12. The molecule has 0 fully saturated rings. The number of ether oxygens (including phenoxy) is 1. The van der Waals surface area contributed by atoms with Gasteiger partial charge in [-0.2, -0.15) is 0 Å². The van der Waals surface area contributed by atoms with Gasteiger partial charge in [-0.05, 0) is 30.3 Å². The summed E-state index contributed by atoms with van der Waals surface area (Å²) in [5.74, 6) is 0.906. The molecule has 2 aromatic carbocycles. The van der Waals surface area contributed by atoms with Crippen LogP contribution in [0.5, 0.6) is 11.5 Å². The largest absolute Gasteiger partial charge is 0.456 e. The topological polar surface area (TPSA) is 65.2 Å². The summed E-state index contributed by atoms with van der Waals surface area (Å²) in [5.41, 5.74) is 7.23. The number of hydrogen-bond donors (Lipinski definition) is 1. The Morgan fingerprint density at radius 3 is 2.27 bits per heavy atom. The van der Waals surface area contributed by atoms with Crippen LogP contribution in [0.4, 0.5) is 0 Å². The van der Waals surface area contributed by atoms with E-state index in [4.69, 9.17) is 10.5 Å². The molecule has 0 aliphatic heterocycles. The molecule has 1 amide bonds. The van der Waals surface area contributed by atoms with Gasteiger partial charge in [-0.3, -0.25) is 9.78 Å². The first-order valence-electron chi connectivity index (χ1n) is 6.82. The van der Waals surface area contributed by atoms with E-state index in [1.807, 2.05) is 48.5 Å². The summed E-state index contributed by atoms with van der Waals surface area (Å²) >= 11 is 0. The molecule has 4 heteroatoms. The van der Waals surface area contributed by atoms with E-state index in [0.29, 0.717) is 22.6 Å². The van der Waals surface area contributed by atoms with Gasteiger partial charge in [-0.1, -0.05) is 36.4 Å². The lowest BCUT2D eigenvalue weighted by atomic mass is 10.0. The average Bonchev–Trinajstić information content (AvgIpc) is 2.56. The van der Waals surface area contributed by atoms with E-state index < -0.39 is 5.91 Å². The van der Waals surface area contributed by atoms with E-state index in [9.17, 15) is 4.79 Å². The minimum Gasteiger partial charge on any atom is -0.456 e. The molecule has 0 saturated carbocycles. The highest BCUT2D eigenvalue weighted by molar-refractivity contribution is 5.99. The Hall–Kier alpha value is -3.14. The fourth-order valence-corrected chi connectivity index (χ4v) is 2.15. The molecule has 1 heterocycles. The van der Waals surface area contributed by atoms with Gasteiger partial charge in [0.25, 0.3) is 0 Å². The number of para-hydroxylation sites is 1. The van der Waals surface area contributed by atoms with E-state index in [-0.39, 0.29) is 0 Å². The second-order valence-electron chi connectivity index (χ2n) is 4.70. The van der Waals surface area contributed by atoms with Crippen molar-refractivity contribution in [2.24, 2.45) is 5.73 Å². The molecule has 108 valence electrons. The summed E-state index contributed by atoms with van der Waals surface area (Å²) in [6.07, 6.45) is 1.63. The third-order valence-electron chi connectivity index (χ3n) is 3.18. The van der Waals surface area contributed by atoms with E-state index >= 15 is 0 Å². The van der Waals surface area contributed by atoms with E-state index in [2.05, 4.69) is 4.98 Å². The Kier molecular flexibility index (Phi) is 3.83. The van der Waals surface area contributed by atoms with Gasteiger partial charge in [-0.15, -0.1) is 0 Å². The van der Waals surface area contributed by atoms with Crippen LogP contribution in [0.1, 0.15) is 10.4 Å². The molecular formula is C18H14N2O2. The summed E-state index contributed by atoms with van der Waals surface area (Å²) in [4.78, 5) is 15.8. The quantitative estimate of drug-likeness (QED) is 0.797. The first-order chi connectivity index (χ1) is 10.7. The summed E-state index contributed by atoms with van der Waals surface area (Å²) in [6.45, 7) is 0. The summed E-state index contributed by atoms with van der Waals surface area (Å²) in [6, 6.07) is 20.2. The standard InChI is InChI=1S/C18H14N2O2/c19-18(21)16-9-5-4-8-15(16)17-11-10-14(12-20-17)22-13-6-2-1-3-7-13/h1-12H,(H2,19,21). The van der Waals surface area contributed by atoms with Crippen LogP contribution >= 0.6 is 0 Å². The van der Waals surface area contributed by atoms with Crippen molar-refractivity contribution in [1.82, 2.24) is 4.98 Å². The summed E-state index contributed by atoms with van der Waals surface area (Å²) in [7, 11) is 0. The number of benzene rings is 2. The molecule has 0 aliphatic carbocycles. The van der Waals surface area contributed by atoms with Crippen LogP contribution in [0.3, 0.4) is 0 Å². The Labute approximate surface area is 128 Å². The maximum Gasteiger partial charge on any atom is 0.249 e. The molecule has 22 heavy (non-hydrogen) atoms. The SMILES string of the molecule is NC(=O)c1ccccc1-c1ccc(Oc2ccccc2)cn1. The highest BCUT2D eigenvalue weighted by atomic mass is 16.5. The van der Waals surface area contributed by atoms with Gasteiger partial charge in [0.05, 0.1) is 11.9 Å². The van der Waals surface area contributed by atoms with Crippen LogP contribution in [0, 0.1) is 0 Å². The molecule has 0 unspecified atom stereocenters.